The number of benzene rings is 4. The summed E-state index contributed by atoms with van der Waals surface area (Å²) in [5.74, 6) is -2.36. The fourth-order valence-electron chi connectivity index (χ4n) is 6.08. The molecule has 6 rings (SSSR count). The maximum Gasteiger partial charge on any atom is 0.282 e. The van der Waals surface area contributed by atoms with E-state index in [9.17, 15) is 19.2 Å². The molecule has 0 fully saturated rings. The SMILES string of the molecule is CCCC(CCC)N1C(=O)c2cc(Cl)c3c4c(cc(Cl)c(c24)C1=O)C(=O)N(N(c1ccccc1)c1ccccc1)C3=O. The smallest absolute Gasteiger partial charge is 0.271 e. The van der Waals surface area contributed by atoms with E-state index in [1.807, 2.05) is 26.0 Å². The van der Waals surface area contributed by atoms with Crippen LogP contribution in [-0.2, 0) is 0 Å². The van der Waals surface area contributed by atoms with Crippen LogP contribution in [0.2, 0.25) is 10.0 Å². The fraction of sp³-hybridized carbons (Fsp3) is 0.212. The average Bonchev–Trinajstić information content (AvgIpc) is 2.98. The number of halogens is 2. The second-order valence-electron chi connectivity index (χ2n) is 10.4. The van der Waals surface area contributed by atoms with E-state index in [2.05, 4.69) is 0 Å². The third kappa shape index (κ3) is 4.18. The first-order valence-corrected chi connectivity index (χ1v) is 14.7. The minimum atomic E-state index is -0.679. The molecule has 0 aliphatic carbocycles. The number of para-hydroxylation sites is 2. The van der Waals surface area contributed by atoms with Crippen molar-refractivity contribution < 1.29 is 19.2 Å². The zero-order valence-electron chi connectivity index (χ0n) is 23.1. The number of hydrogen-bond donors (Lipinski definition) is 0. The molecule has 9 heteroatoms. The molecule has 0 saturated carbocycles. The van der Waals surface area contributed by atoms with E-state index in [1.165, 1.54) is 22.0 Å². The van der Waals surface area contributed by atoms with Gasteiger partial charge in [-0.15, -0.1) is 0 Å². The monoisotopic (exact) mass is 599 g/mol. The lowest BCUT2D eigenvalue weighted by molar-refractivity contribution is 0.0516. The van der Waals surface area contributed by atoms with E-state index in [0.29, 0.717) is 24.2 Å². The Labute approximate surface area is 253 Å². The van der Waals surface area contributed by atoms with Crippen LogP contribution in [0.1, 0.15) is 81.0 Å². The Hall–Kier alpha value is -4.20. The van der Waals surface area contributed by atoms with Gasteiger partial charge in [-0.2, -0.15) is 5.01 Å². The Bertz CT molecular complexity index is 1730. The number of carbonyl (C=O) groups excluding carboxylic acids is 4. The molecule has 4 amide bonds. The Morgan fingerprint density at radius 3 is 1.57 bits per heavy atom. The topological polar surface area (TPSA) is 78.0 Å². The molecule has 0 atom stereocenters. The molecule has 2 aliphatic heterocycles. The Morgan fingerprint density at radius 1 is 0.643 bits per heavy atom. The van der Waals surface area contributed by atoms with Crippen molar-refractivity contribution in [1.29, 1.82) is 0 Å². The van der Waals surface area contributed by atoms with Crippen LogP contribution in [0.15, 0.2) is 72.8 Å². The first kappa shape index (κ1) is 27.9. The van der Waals surface area contributed by atoms with Gasteiger partial charge < -0.3 is 0 Å². The van der Waals surface area contributed by atoms with Gasteiger partial charge in [-0.3, -0.25) is 24.1 Å². The van der Waals surface area contributed by atoms with E-state index in [4.69, 9.17) is 23.2 Å². The maximum absolute atomic E-state index is 14.3. The van der Waals surface area contributed by atoms with Gasteiger partial charge in [-0.25, -0.2) is 5.01 Å². The maximum atomic E-state index is 14.3. The van der Waals surface area contributed by atoms with Crippen LogP contribution in [0.3, 0.4) is 0 Å². The fourth-order valence-corrected chi connectivity index (χ4v) is 6.65. The summed E-state index contributed by atoms with van der Waals surface area (Å²) in [4.78, 5) is 57.7. The van der Waals surface area contributed by atoms with E-state index >= 15 is 0 Å². The summed E-state index contributed by atoms with van der Waals surface area (Å²) in [6.45, 7) is 4.00. The van der Waals surface area contributed by atoms with Crippen LogP contribution in [0.5, 0.6) is 0 Å². The number of hydrazine groups is 1. The summed E-state index contributed by atoms with van der Waals surface area (Å²) in [7, 11) is 0. The predicted octanol–water partition coefficient (Wildman–Crippen LogP) is 8.06. The van der Waals surface area contributed by atoms with Crippen LogP contribution < -0.4 is 5.01 Å². The zero-order chi connectivity index (χ0) is 29.7. The van der Waals surface area contributed by atoms with E-state index < -0.39 is 23.6 Å². The van der Waals surface area contributed by atoms with Crippen molar-refractivity contribution in [3.8, 4) is 0 Å². The first-order chi connectivity index (χ1) is 20.3. The van der Waals surface area contributed by atoms with Crippen molar-refractivity contribution in [2.45, 2.75) is 45.6 Å². The molecule has 0 spiro atoms. The third-order valence-electron chi connectivity index (χ3n) is 7.83. The molecule has 42 heavy (non-hydrogen) atoms. The first-order valence-electron chi connectivity index (χ1n) is 14.0. The summed E-state index contributed by atoms with van der Waals surface area (Å²) in [5, 5.41) is 2.98. The second kappa shape index (κ2) is 10.9. The van der Waals surface area contributed by atoms with Gasteiger partial charge in [0, 0.05) is 16.8 Å². The number of nitrogens with zero attached hydrogens (tertiary/aromatic N) is 3. The highest BCUT2D eigenvalue weighted by atomic mass is 35.5. The quantitative estimate of drug-likeness (QED) is 0.191. The molecule has 0 radical (unpaired) electrons. The van der Waals surface area contributed by atoms with E-state index in [-0.39, 0.29) is 49.1 Å². The standard InChI is InChI=1S/C33H27Cl2N3O4/c1-3-11-19(12-4-2)36-30(39)22-17-25(35)29-27-23(18-24(34)28(26(22)27)32(36)41)31(40)38(33(29)42)37(20-13-7-5-8-14-20)21-15-9-6-10-16-21/h5-10,13-19H,3-4,11-12H2,1-2H3. The lowest BCUT2D eigenvalue weighted by Crippen LogP contribution is -2.51. The number of rotatable bonds is 8. The van der Waals surface area contributed by atoms with Gasteiger partial charge in [0.2, 0.25) is 0 Å². The van der Waals surface area contributed by atoms with Crippen LogP contribution in [0.4, 0.5) is 11.4 Å². The molecule has 7 nitrogen and oxygen atoms in total. The summed E-state index contributed by atoms with van der Waals surface area (Å²) in [6.07, 6.45) is 2.86. The molecular formula is C33H27Cl2N3O4. The lowest BCUT2D eigenvalue weighted by atomic mass is 9.85. The number of anilines is 2. The van der Waals surface area contributed by atoms with Crippen molar-refractivity contribution in [2.75, 3.05) is 5.01 Å². The van der Waals surface area contributed by atoms with Gasteiger partial charge in [0.25, 0.3) is 23.6 Å². The summed E-state index contributed by atoms with van der Waals surface area (Å²) >= 11 is 13.6. The molecule has 2 heterocycles. The molecule has 4 aromatic rings. The Balaban J connectivity index is 1.59. The molecule has 0 aromatic heterocycles. The number of imide groups is 2. The minimum Gasteiger partial charge on any atom is -0.271 e. The van der Waals surface area contributed by atoms with Gasteiger partial charge in [0.05, 0.1) is 43.7 Å². The van der Waals surface area contributed by atoms with Gasteiger partial charge in [-0.05, 0) is 49.2 Å². The highest BCUT2D eigenvalue weighted by molar-refractivity contribution is 6.45. The van der Waals surface area contributed by atoms with E-state index in [1.54, 1.807) is 48.5 Å². The van der Waals surface area contributed by atoms with Crippen molar-refractivity contribution in [2.24, 2.45) is 0 Å². The van der Waals surface area contributed by atoms with Crippen LogP contribution in [0.25, 0.3) is 10.8 Å². The summed E-state index contributed by atoms with van der Waals surface area (Å²) < 4.78 is 0. The molecule has 0 saturated heterocycles. The number of hydrogen-bond acceptors (Lipinski definition) is 5. The van der Waals surface area contributed by atoms with Gasteiger partial charge >= 0.3 is 0 Å². The number of carbonyl (C=O) groups is 4. The van der Waals surface area contributed by atoms with Crippen molar-refractivity contribution in [3.63, 3.8) is 0 Å². The van der Waals surface area contributed by atoms with Crippen LogP contribution in [-0.4, -0.2) is 39.6 Å². The highest BCUT2D eigenvalue weighted by Gasteiger charge is 2.45. The summed E-state index contributed by atoms with van der Waals surface area (Å²) in [5.41, 5.74) is 1.53. The molecule has 0 bridgehead atoms. The van der Waals surface area contributed by atoms with E-state index in [0.717, 1.165) is 17.9 Å². The van der Waals surface area contributed by atoms with Gasteiger partial charge in [-0.1, -0.05) is 86.3 Å². The molecule has 2 aliphatic rings. The predicted molar refractivity (Wildman–Crippen MR) is 164 cm³/mol. The average molecular weight is 601 g/mol. The normalized spacial score (nSPS) is 14.4. The highest BCUT2D eigenvalue weighted by Crippen LogP contribution is 2.45. The zero-order valence-corrected chi connectivity index (χ0v) is 24.6. The number of amides is 4. The van der Waals surface area contributed by atoms with Gasteiger partial charge in [0.1, 0.15) is 0 Å². The summed E-state index contributed by atoms with van der Waals surface area (Å²) in [6, 6.07) is 20.6. The molecule has 212 valence electrons. The second-order valence-corrected chi connectivity index (χ2v) is 11.2. The Kier molecular flexibility index (Phi) is 7.25. The third-order valence-corrected chi connectivity index (χ3v) is 8.43. The minimum absolute atomic E-state index is 0.0146. The Morgan fingerprint density at radius 2 is 1.10 bits per heavy atom. The van der Waals surface area contributed by atoms with Crippen LogP contribution in [0, 0.1) is 0 Å². The molecule has 0 N–H and O–H groups in total. The van der Waals surface area contributed by atoms with Crippen molar-refractivity contribution in [1.82, 2.24) is 9.91 Å². The lowest BCUT2D eigenvalue weighted by Gasteiger charge is -2.39. The van der Waals surface area contributed by atoms with Crippen LogP contribution >= 0.6 is 23.2 Å². The largest absolute Gasteiger partial charge is 0.282 e. The molecular weight excluding hydrogens is 573 g/mol. The molecule has 4 aromatic carbocycles. The van der Waals surface area contributed by atoms with Crippen molar-refractivity contribution in [3.05, 3.63) is 105 Å². The van der Waals surface area contributed by atoms with Gasteiger partial charge in [0.15, 0.2) is 0 Å². The van der Waals surface area contributed by atoms with Crippen molar-refractivity contribution >= 4 is 69.0 Å². The molecule has 0 unspecified atom stereocenters.